The van der Waals surface area contributed by atoms with E-state index in [0.717, 1.165) is 22.3 Å². The molecule has 8 nitrogen and oxygen atoms in total. The molecule has 0 bridgehead atoms. The first-order valence-electron chi connectivity index (χ1n) is 13.3. The summed E-state index contributed by atoms with van der Waals surface area (Å²) in [5.74, 6) is 1.78. The molecule has 39 heavy (non-hydrogen) atoms. The number of nitrogens with zero attached hydrogens (tertiary/aromatic N) is 1. The molecule has 2 amide bonds. The molecule has 0 aromatic heterocycles. The van der Waals surface area contributed by atoms with Gasteiger partial charge in [0.2, 0.25) is 5.91 Å². The summed E-state index contributed by atoms with van der Waals surface area (Å²) < 4.78 is 22.6. The van der Waals surface area contributed by atoms with Crippen molar-refractivity contribution in [1.29, 1.82) is 0 Å². The Hall–Kier alpha value is -4.20. The Bertz CT molecular complexity index is 1390. The third-order valence-electron chi connectivity index (χ3n) is 7.41. The Balaban J connectivity index is 1.55. The van der Waals surface area contributed by atoms with E-state index in [1.165, 1.54) is 0 Å². The molecule has 2 atom stereocenters. The summed E-state index contributed by atoms with van der Waals surface area (Å²) in [4.78, 5) is 29.5. The Morgan fingerprint density at radius 3 is 2.38 bits per heavy atom. The highest BCUT2D eigenvalue weighted by Gasteiger charge is 2.46. The van der Waals surface area contributed by atoms with Crippen LogP contribution in [0.1, 0.15) is 58.4 Å². The zero-order chi connectivity index (χ0) is 27.5. The molecule has 204 valence electrons. The van der Waals surface area contributed by atoms with Gasteiger partial charge >= 0.3 is 0 Å². The second-order valence-corrected chi connectivity index (χ2v) is 9.52. The molecule has 0 fully saturated rings. The van der Waals surface area contributed by atoms with E-state index in [1.807, 2.05) is 61.2 Å². The number of hydrogen-bond donors (Lipinski definition) is 1. The van der Waals surface area contributed by atoms with Crippen molar-refractivity contribution >= 4 is 11.8 Å². The predicted octanol–water partition coefficient (Wildman–Crippen LogP) is 4.65. The molecule has 0 unspecified atom stereocenters. The quantitative estimate of drug-likeness (QED) is 0.433. The number of fused-ring (bicyclic) bond motifs is 4. The predicted molar refractivity (Wildman–Crippen MR) is 147 cm³/mol. The van der Waals surface area contributed by atoms with Crippen LogP contribution in [0, 0.1) is 0 Å². The number of rotatable bonds is 9. The van der Waals surface area contributed by atoms with Gasteiger partial charge < -0.3 is 29.2 Å². The number of nitrogens with one attached hydrogen (secondary N) is 1. The Kier molecular flexibility index (Phi) is 7.63. The molecule has 0 spiro atoms. The van der Waals surface area contributed by atoms with Gasteiger partial charge in [-0.1, -0.05) is 18.2 Å². The van der Waals surface area contributed by atoms with Crippen LogP contribution in [0.25, 0.3) is 0 Å². The smallest absolute Gasteiger partial charge is 0.254 e. The van der Waals surface area contributed by atoms with Gasteiger partial charge in [-0.3, -0.25) is 9.59 Å². The second kappa shape index (κ2) is 11.3. The summed E-state index contributed by atoms with van der Waals surface area (Å²) in [6.45, 7) is 5.63. The second-order valence-electron chi connectivity index (χ2n) is 9.52. The number of amides is 2. The third-order valence-corrected chi connectivity index (χ3v) is 7.41. The van der Waals surface area contributed by atoms with Crippen molar-refractivity contribution in [3.05, 3.63) is 82.4 Å². The van der Waals surface area contributed by atoms with E-state index in [1.54, 1.807) is 26.4 Å². The number of ether oxygens (including phenoxy) is 4. The van der Waals surface area contributed by atoms with Gasteiger partial charge in [0.25, 0.3) is 5.91 Å². The fourth-order valence-electron chi connectivity index (χ4n) is 5.64. The van der Waals surface area contributed by atoms with Gasteiger partial charge in [-0.05, 0) is 67.3 Å². The molecule has 1 N–H and O–H groups in total. The third kappa shape index (κ3) is 4.87. The molecule has 0 saturated carbocycles. The minimum Gasteiger partial charge on any atom is -0.497 e. The average molecular weight is 531 g/mol. The Morgan fingerprint density at radius 2 is 1.67 bits per heavy atom. The minimum atomic E-state index is -0.602. The lowest BCUT2D eigenvalue weighted by Gasteiger charge is -2.45. The van der Waals surface area contributed by atoms with E-state index >= 15 is 0 Å². The lowest BCUT2D eigenvalue weighted by Crippen LogP contribution is -2.50. The van der Waals surface area contributed by atoms with Crippen LogP contribution in [0.4, 0.5) is 0 Å². The van der Waals surface area contributed by atoms with Crippen LogP contribution >= 0.6 is 0 Å². The van der Waals surface area contributed by atoms with Crippen LogP contribution in [0.5, 0.6) is 23.0 Å². The standard InChI is InChI=1S/C31H34N2O6/c1-5-38-26-15-19-13-14-33-29(24(19)17-27(26)39-6-2)28(22-9-7-8-10-23(22)31(33)35)30(34)32-18-20-11-12-21(36-3)16-25(20)37-4/h7-12,15-17,28-29H,5-6,13-14,18H2,1-4H3,(H,32,34)/t28-,29-/m0/s1. The maximum atomic E-state index is 14.0. The molecule has 0 saturated heterocycles. The van der Waals surface area contributed by atoms with Gasteiger partial charge in [0.15, 0.2) is 11.5 Å². The molecule has 2 heterocycles. The number of carbonyl (C=O) groups excluding carboxylic acids is 2. The fourth-order valence-corrected chi connectivity index (χ4v) is 5.64. The van der Waals surface area contributed by atoms with Crippen molar-refractivity contribution < 1.29 is 28.5 Å². The van der Waals surface area contributed by atoms with Crippen molar-refractivity contribution in [2.75, 3.05) is 34.0 Å². The van der Waals surface area contributed by atoms with Crippen molar-refractivity contribution in [1.82, 2.24) is 10.2 Å². The summed E-state index contributed by atoms with van der Waals surface area (Å²) in [6, 6.07) is 16.4. The lowest BCUT2D eigenvalue weighted by atomic mass is 9.75. The average Bonchev–Trinajstić information content (AvgIpc) is 2.96. The molecular weight excluding hydrogens is 496 g/mol. The molecular formula is C31H34N2O6. The van der Waals surface area contributed by atoms with Crippen LogP contribution < -0.4 is 24.3 Å². The first kappa shape index (κ1) is 26.4. The zero-order valence-corrected chi connectivity index (χ0v) is 22.8. The SMILES string of the molecule is CCOc1cc2c(cc1OCC)[C@H]1[C@@H](C(=O)NCc3ccc(OC)cc3OC)c3ccccc3C(=O)N1CC2. The van der Waals surface area contributed by atoms with Crippen molar-refractivity contribution in [2.24, 2.45) is 0 Å². The fraction of sp³-hybridized carbons (Fsp3) is 0.355. The highest BCUT2D eigenvalue weighted by molar-refractivity contribution is 6.01. The molecule has 0 radical (unpaired) electrons. The number of carbonyl (C=O) groups is 2. The van der Waals surface area contributed by atoms with E-state index in [-0.39, 0.29) is 18.4 Å². The topological polar surface area (TPSA) is 86.3 Å². The van der Waals surface area contributed by atoms with Crippen LogP contribution in [-0.4, -0.2) is 50.7 Å². The van der Waals surface area contributed by atoms with E-state index in [0.29, 0.717) is 54.7 Å². The lowest BCUT2D eigenvalue weighted by molar-refractivity contribution is -0.124. The number of benzene rings is 3. The number of methoxy groups -OCH3 is 2. The van der Waals surface area contributed by atoms with E-state index < -0.39 is 12.0 Å². The van der Waals surface area contributed by atoms with E-state index in [2.05, 4.69) is 5.32 Å². The maximum Gasteiger partial charge on any atom is 0.254 e. The molecule has 0 aliphatic carbocycles. The van der Waals surface area contributed by atoms with E-state index in [4.69, 9.17) is 18.9 Å². The number of hydrogen-bond acceptors (Lipinski definition) is 6. The normalized spacial score (nSPS) is 17.4. The van der Waals surface area contributed by atoms with Crippen molar-refractivity contribution in [3.8, 4) is 23.0 Å². The van der Waals surface area contributed by atoms with Gasteiger partial charge in [-0.2, -0.15) is 0 Å². The molecule has 8 heteroatoms. The Morgan fingerprint density at radius 1 is 0.923 bits per heavy atom. The summed E-state index contributed by atoms with van der Waals surface area (Å²) in [7, 11) is 3.19. The zero-order valence-electron chi connectivity index (χ0n) is 22.8. The highest BCUT2D eigenvalue weighted by atomic mass is 16.5. The van der Waals surface area contributed by atoms with Crippen molar-refractivity contribution in [2.45, 2.75) is 38.8 Å². The van der Waals surface area contributed by atoms with Crippen LogP contribution in [0.2, 0.25) is 0 Å². The van der Waals surface area contributed by atoms with Crippen LogP contribution in [0.3, 0.4) is 0 Å². The Labute approximate surface area is 228 Å². The van der Waals surface area contributed by atoms with Gasteiger partial charge in [-0.15, -0.1) is 0 Å². The van der Waals surface area contributed by atoms with Crippen LogP contribution in [0.15, 0.2) is 54.6 Å². The van der Waals surface area contributed by atoms with E-state index in [9.17, 15) is 9.59 Å². The van der Waals surface area contributed by atoms with Crippen molar-refractivity contribution in [3.63, 3.8) is 0 Å². The maximum absolute atomic E-state index is 14.0. The molecule has 5 rings (SSSR count). The molecule has 2 aliphatic heterocycles. The molecule has 3 aromatic rings. The van der Waals surface area contributed by atoms with Gasteiger partial charge in [0.1, 0.15) is 11.5 Å². The van der Waals surface area contributed by atoms with Gasteiger partial charge in [0.05, 0.1) is 39.4 Å². The highest BCUT2D eigenvalue weighted by Crippen LogP contribution is 2.48. The summed E-state index contributed by atoms with van der Waals surface area (Å²) in [6.07, 6.45) is 0.670. The first-order valence-corrected chi connectivity index (χ1v) is 13.3. The van der Waals surface area contributed by atoms with Gasteiger partial charge in [0, 0.05) is 30.3 Å². The largest absolute Gasteiger partial charge is 0.497 e. The monoisotopic (exact) mass is 530 g/mol. The first-order chi connectivity index (χ1) is 19.0. The van der Waals surface area contributed by atoms with Gasteiger partial charge in [-0.25, -0.2) is 0 Å². The minimum absolute atomic E-state index is 0.0611. The van der Waals surface area contributed by atoms with Crippen LogP contribution in [-0.2, 0) is 17.8 Å². The summed E-state index contributed by atoms with van der Waals surface area (Å²) in [5, 5.41) is 3.12. The summed E-state index contributed by atoms with van der Waals surface area (Å²) in [5.41, 5.74) is 4.09. The molecule has 2 aliphatic rings. The summed E-state index contributed by atoms with van der Waals surface area (Å²) >= 11 is 0. The molecule has 3 aromatic carbocycles.